The number of carbonyl (C=O) groups excluding carboxylic acids is 1. The van der Waals surface area contributed by atoms with Crippen LogP contribution in [0.3, 0.4) is 0 Å². The number of carbonyl (C=O) groups is 1. The van der Waals surface area contributed by atoms with E-state index < -0.39 is 12.1 Å². The van der Waals surface area contributed by atoms with Crippen molar-refractivity contribution in [2.45, 2.75) is 70.1 Å². The number of benzene rings is 1. The zero-order valence-electron chi connectivity index (χ0n) is 18.0. The molecule has 1 amide bonds. The number of nitrogens with zero attached hydrogens (tertiary/aromatic N) is 1. The van der Waals surface area contributed by atoms with E-state index in [1.165, 1.54) is 12.8 Å². The van der Waals surface area contributed by atoms with Crippen LogP contribution in [-0.4, -0.2) is 66.0 Å². The monoisotopic (exact) mass is 420 g/mol. The van der Waals surface area contributed by atoms with E-state index in [4.69, 9.17) is 9.47 Å². The third kappa shape index (κ3) is 6.59. The highest BCUT2D eigenvalue weighted by Crippen LogP contribution is 2.33. The van der Waals surface area contributed by atoms with E-state index in [2.05, 4.69) is 17.1 Å². The Balaban J connectivity index is 1.63. The molecule has 0 radical (unpaired) electrons. The standard InChI is InChI=1S/C23H36N2O5/c1-2-3-4-5-6-7-22(27)24-19(16-25-11-10-18(26)15-25)23(28)17-8-9-20-21(14-17)30-13-12-29-20/h8-9,14,18-19,23,26,28H,2-7,10-13,15-16H2,1H3,(H,24,27)/t18-,19-,23?/m1/s1. The Labute approximate surface area is 179 Å². The minimum absolute atomic E-state index is 0.0344. The summed E-state index contributed by atoms with van der Waals surface area (Å²) in [5.41, 5.74) is 0.687. The number of amides is 1. The van der Waals surface area contributed by atoms with Crippen LogP contribution in [0.4, 0.5) is 0 Å². The summed E-state index contributed by atoms with van der Waals surface area (Å²) >= 11 is 0. The highest BCUT2D eigenvalue weighted by molar-refractivity contribution is 5.76. The number of unbranched alkanes of at least 4 members (excludes halogenated alkanes) is 4. The van der Waals surface area contributed by atoms with Gasteiger partial charge in [0.15, 0.2) is 11.5 Å². The third-order valence-electron chi connectivity index (χ3n) is 5.85. The minimum atomic E-state index is -0.873. The molecule has 7 heteroatoms. The third-order valence-corrected chi connectivity index (χ3v) is 5.85. The van der Waals surface area contributed by atoms with Gasteiger partial charge >= 0.3 is 0 Å². The van der Waals surface area contributed by atoms with Gasteiger partial charge in [-0.3, -0.25) is 9.69 Å². The van der Waals surface area contributed by atoms with Crippen molar-refractivity contribution >= 4 is 5.91 Å². The quantitative estimate of drug-likeness (QED) is 0.476. The average Bonchev–Trinajstić information content (AvgIpc) is 3.17. The molecule has 1 aromatic rings. The van der Waals surface area contributed by atoms with Gasteiger partial charge in [0.1, 0.15) is 19.3 Å². The normalized spacial score (nSPS) is 20.7. The van der Waals surface area contributed by atoms with Crippen molar-refractivity contribution in [2.24, 2.45) is 0 Å². The molecule has 0 bridgehead atoms. The number of likely N-dealkylation sites (tertiary alicyclic amines) is 1. The van der Waals surface area contributed by atoms with Gasteiger partial charge in [0.2, 0.25) is 5.91 Å². The summed E-state index contributed by atoms with van der Waals surface area (Å²) in [5, 5.41) is 24.0. The average molecular weight is 421 g/mol. The van der Waals surface area contributed by atoms with Crippen molar-refractivity contribution in [3.8, 4) is 11.5 Å². The predicted molar refractivity (Wildman–Crippen MR) is 115 cm³/mol. The number of hydrogen-bond acceptors (Lipinski definition) is 6. The van der Waals surface area contributed by atoms with Gasteiger partial charge in [-0.25, -0.2) is 0 Å². The Morgan fingerprint density at radius 2 is 1.97 bits per heavy atom. The maximum atomic E-state index is 12.6. The van der Waals surface area contributed by atoms with Gasteiger partial charge in [-0.15, -0.1) is 0 Å². The zero-order valence-corrected chi connectivity index (χ0v) is 18.0. The molecular weight excluding hydrogens is 384 g/mol. The van der Waals surface area contributed by atoms with Crippen molar-refractivity contribution < 1.29 is 24.5 Å². The first-order chi connectivity index (χ1) is 14.6. The van der Waals surface area contributed by atoms with Crippen molar-refractivity contribution in [3.05, 3.63) is 23.8 Å². The van der Waals surface area contributed by atoms with Crippen LogP contribution in [0.2, 0.25) is 0 Å². The molecule has 2 aliphatic heterocycles. The maximum Gasteiger partial charge on any atom is 0.220 e. The van der Waals surface area contributed by atoms with Crippen LogP contribution in [0.25, 0.3) is 0 Å². The van der Waals surface area contributed by atoms with Gasteiger partial charge < -0.3 is 25.0 Å². The lowest BCUT2D eigenvalue weighted by Crippen LogP contribution is -2.47. The fraction of sp³-hybridized carbons (Fsp3) is 0.696. The molecule has 1 saturated heterocycles. The lowest BCUT2D eigenvalue weighted by atomic mass is 10.0. The molecule has 7 nitrogen and oxygen atoms in total. The fourth-order valence-corrected chi connectivity index (χ4v) is 4.12. The summed E-state index contributed by atoms with van der Waals surface area (Å²) in [4.78, 5) is 14.7. The predicted octanol–water partition coefficient (Wildman–Crippen LogP) is 2.40. The van der Waals surface area contributed by atoms with Crippen LogP contribution in [0.15, 0.2) is 18.2 Å². The SMILES string of the molecule is CCCCCCCC(=O)N[C@H](CN1CC[C@@H](O)C1)C(O)c1ccc2c(c1)OCCO2. The lowest BCUT2D eigenvalue weighted by Gasteiger charge is -2.29. The molecule has 0 aliphatic carbocycles. The summed E-state index contributed by atoms with van der Waals surface area (Å²) in [6, 6.07) is 4.96. The van der Waals surface area contributed by atoms with Crippen LogP contribution in [0.1, 0.15) is 63.5 Å². The molecule has 168 valence electrons. The summed E-state index contributed by atoms with van der Waals surface area (Å²) in [5.74, 6) is 1.26. The highest BCUT2D eigenvalue weighted by Gasteiger charge is 2.29. The lowest BCUT2D eigenvalue weighted by molar-refractivity contribution is -0.123. The van der Waals surface area contributed by atoms with Crippen LogP contribution in [-0.2, 0) is 4.79 Å². The molecule has 0 aromatic heterocycles. The number of hydrogen-bond donors (Lipinski definition) is 3. The summed E-state index contributed by atoms with van der Waals surface area (Å²) in [6.07, 6.45) is 5.42. The van der Waals surface area contributed by atoms with Crippen LogP contribution >= 0.6 is 0 Å². The van der Waals surface area contributed by atoms with Crippen molar-refractivity contribution in [3.63, 3.8) is 0 Å². The number of aliphatic hydroxyl groups is 2. The van der Waals surface area contributed by atoms with Crippen LogP contribution < -0.4 is 14.8 Å². The van der Waals surface area contributed by atoms with Gasteiger partial charge in [0.25, 0.3) is 0 Å². The minimum Gasteiger partial charge on any atom is -0.486 e. The van der Waals surface area contributed by atoms with Crippen LogP contribution in [0, 0.1) is 0 Å². The number of fused-ring (bicyclic) bond motifs is 1. The molecule has 0 saturated carbocycles. The molecular formula is C23H36N2O5. The summed E-state index contributed by atoms with van der Waals surface area (Å²) in [7, 11) is 0. The van der Waals surface area contributed by atoms with E-state index in [9.17, 15) is 15.0 Å². The summed E-state index contributed by atoms with van der Waals surface area (Å²) < 4.78 is 11.2. The smallest absolute Gasteiger partial charge is 0.220 e. The van der Waals surface area contributed by atoms with Gasteiger partial charge in [-0.2, -0.15) is 0 Å². The first-order valence-corrected chi connectivity index (χ1v) is 11.3. The van der Waals surface area contributed by atoms with E-state index in [1.54, 1.807) is 12.1 Å². The molecule has 2 heterocycles. The van der Waals surface area contributed by atoms with Gasteiger partial charge in [-0.05, 0) is 30.5 Å². The second-order valence-corrected chi connectivity index (χ2v) is 8.39. The second kappa shape index (κ2) is 11.5. The Morgan fingerprint density at radius 3 is 2.70 bits per heavy atom. The fourth-order valence-electron chi connectivity index (χ4n) is 4.12. The molecule has 30 heavy (non-hydrogen) atoms. The number of aliphatic hydroxyl groups excluding tert-OH is 2. The molecule has 1 unspecified atom stereocenters. The van der Waals surface area contributed by atoms with Gasteiger partial charge in [-0.1, -0.05) is 38.7 Å². The number of β-amino-alcohol motifs (C(OH)–C–C–N with tert-alkyl or cyclic N) is 1. The van der Waals surface area contributed by atoms with Crippen LogP contribution in [0.5, 0.6) is 11.5 Å². The van der Waals surface area contributed by atoms with Crippen molar-refractivity contribution in [1.82, 2.24) is 10.2 Å². The Kier molecular flexibility index (Phi) is 8.78. The maximum absolute atomic E-state index is 12.6. The topological polar surface area (TPSA) is 91.3 Å². The number of ether oxygens (including phenoxy) is 2. The number of rotatable bonds is 11. The second-order valence-electron chi connectivity index (χ2n) is 8.39. The van der Waals surface area contributed by atoms with Gasteiger partial charge in [0, 0.05) is 26.1 Å². The first-order valence-electron chi connectivity index (χ1n) is 11.3. The zero-order chi connectivity index (χ0) is 21.3. The molecule has 2 aliphatic rings. The molecule has 3 N–H and O–H groups in total. The van der Waals surface area contributed by atoms with E-state index in [-0.39, 0.29) is 12.0 Å². The Morgan fingerprint density at radius 1 is 1.20 bits per heavy atom. The van der Waals surface area contributed by atoms with E-state index in [0.29, 0.717) is 49.8 Å². The molecule has 3 rings (SSSR count). The molecule has 3 atom stereocenters. The molecule has 1 fully saturated rings. The Bertz CT molecular complexity index is 684. The largest absolute Gasteiger partial charge is 0.486 e. The first kappa shape index (κ1) is 22.8. The summed E-state index contributed by atoms with van der Waals surface area (Å²) in [6.45, 7) is 5.00. The van der Waals surface area contributed by atoms with Crippen molar-refractivity contribution in [1.29, 1.82) is 0 Å². The molecule has 0 spiro atoms. The molecule has 1 aromatic carbocycles. The highest BCUT2D eigenvalue weighted by atomic mass is 16.6. The van der Waals surface area contributed by atoms with E-state index >= 15 is 0 Å². The van der Waals surface area contributed by atoms with E-state index in [0.717, 1.165) is 32.2 Å². The van der Waals surface area contributed by atoms with Crippen molar-refractivity contribution in [2.75, 3.05) is 32.8 Å². The Hall–Kier alpha value is -1.83. The number of nitrogens with one attached hydrogen (secondary N) is 1. The van der Waals surface area contributed by atoms with E-state index in [1.807, 2.05) is 6.07 Å². The van der Waals surface area contributed by atoms with Gasteiger partial charge in [0.05, 0.1) is 12.1 Å².